The number of rotatable bonds is 2. The minimum atomic E-state index is 0. The Kier molecular flexibility index (Phi) is 4.57. The highest BCUT2D eigenvalue weighted by Gasteiger charge is 2.16. The Balaban J connectivity index is 0.00000121. The topological polar surface area (TPSA) is 0 Å². The van der Waals surface area contributed by atoms with Gasteiger partial charge >= 0.3 is 0 Å². The largest absolute Gasteiger partial charge is 0.147 e. The molecule has 0 aromatic heterocycles. The molecule has 0 bridgehead atoms. The van der Waals surface area contributed by atoms with Crippen molar-refractivity contribution in [2.24, 2.45) is 0 Å². The number of hydrogen-bond acceptors (Lipinski definition) is 0. The molecule has 0 saturated carbocycles. The van der Waals surface area contributed by atoms with E-state index in [1.54, 1.807) is 0 Å². The lowest BCUT2D eigenvalue weighted by Crippen LogP contribution is -2.22. The van der Waals surface area contributed by atoms with Crippen LogP contribution in [0.15, 0.2) is 30.3 Å². The highest BCUT2D eigenvalue weighted by molar-refractivity contribution is 6.38. The van der Waals surface area contributed by atoms with Crippen LogP contribution in [0.3, 0.4) is 0 Å². The van der Waals surface area contributed by atoms with Crippen LogP contribution in [-0.4, -0.2) is 9.52 Å². The molecule has 0 unspecified atom stereocenters. The van der Waals surface area contributed by atoms with Crippen molar-refractivity contribution in [2.75, 3.05) is 0 Å². The van der Waals surface area contributed by atoms with Crippen molar-refractivity contribution in [2.45, 2.75) is 25.4 Å². The molecule has 1 rings (SSSR count). The van der Waals surface area contributed by atoms with Crippen molar-refractivity contribution in [3.05, 3.63) is 35.9 Å². The standard InChI is InChI=1S/C10H16Si.ClH/c1-10(2,11-3)9-7-5-4-6-8-9;/h4-8H,11H2,1-3H3;1H. The van der Waals surface area contributed by atoms with E-state index in [9.17, 15) is 0 Å². The third-order valence-corrected chi connectivity index (χ3v) is 4.62. The molecule has 68 valence electrons. The van der Waals surface area contributed by atoms with Crippen molar-refractivity contribution in [1.29, 1.82) is 0 Å². The summed E-state index contributed by atoms with van der Waals surface area (Å²) in [6.07, 6.45) is 0. The molecule has 0 atom stereocenters. The Morgan fingerprint density at radius 1 is 1.08 bits per heavy atom. The van der Waals surface area contributed by atoms with Gasteiger partial charge in [-0.2, -0.15) is 0 Å². The van der Waals surface area contributed by atoms with Crippen molar-refractivity contribution in [1.82, 2.24) is 0 Å². The summed E-state index contributed by atoms with van der Waals surface area (Å²) in [6.45, 7) is 7.05. The second-order valence-corrected chi connectivity index (χ2v) is 6.08. The highest BCUT2D eigenvalue weighted by Crippen LogP contribution is 2.20. The van der Waals surface area contributed by atoms with Crippen molar-refractivity contribution in [3.8, 4) is 0 Å². The summed E-state index contributed by atoms with van der Waals surface area (Å²) in [4.78, 5) is 0. The quantitative estimate of drug-likeness (QED) is 0.644. The van der Waals surface area contributed by atoms with Crippen LogP contribution in [-0.2, 0) is 5.04 Å². The van der Waals surface area contributed by atoms with Crippen LogP contribution in [0.1, 0.15) is 19.4 Å². The van der Waals surface area contributed by atoms with Gasteiger partial charge in [-0.25, -0.2) is 0 Å². The molecule has 1 aromatic rings. The van der Waals surface area contributed by atoms with Crippen LogP contribution in [0.4, 0.5) is 0 Å². The van der Waals surface area contributed by atoms with E-state index in [0.29, 0.717) is 5.04 Å². The Morgan fingerprint density at radius 3 is 2.00 bits per heavy atom. The predicted octanol–water partition coefficient (Wildman–Crippen LogP) is 2.56. The maximum atomic E-state index is 2.37. The van der Waals surface area contributed by atoms with Gasteiger partial charge in [0.25, 0.3) is 0 Å². The van der Waals surface area contributed by atoms with Gasteiger partial charge in [0.2, 0.25) is 0 Å². The molecule has 2 heteroatoms. The third kappa shape index (κ3) is 2.65. The molecule has 1 aromatic carbocycles. The number of hydrogen-bond donors (Lipinski definition) is 0. The minimum Gasteiger partial charge on any atom is -0.147 e. The molecule has 0 saturated heterocycles. The second-order valence-electron chi connectivity index (χ2n) is 3.60. The summed E-state index contributed by atoms with van der Waals surface area (Å²) in [7, 11) is 0.0436. The fourth-order valence-corrected chi connectivity index (χ4v) is 1.74. The first kappa shape index (κ1) is 11.7. The first-order valence-electron chi connectivity index (χ1n) is 4.22. The minimum absolute atomic E-state index is 0. The lowest BCUT2D eigenvalue weighted by Gasteiger charge is -2.22. The normalized spacial score (nSPS) is 11.6. The zero-order valence-electron chi connectivity index (χ0n) is 8.00. The van der Waals surface area contributed by atoms with Crippen LogP contribution >= 0.6 is 12.4 Å². The summed E-state index contributed by atoms with van der Waals surface area (Å²) in [6, 6.07) is 10.8. The van der Waals surface area contributed by atoms with E-state index in [2.05, 4.69) is 50.7 Å². The molecule has 0 radical (unpaired) electrons. The molecule has 12 heavy (non-hydrogen) atoms. The Hall–Kier alpha value is -0.273. The van der Waals surface area contributed by atoms with Crippen LogP contribution in [0.25, 0.3) is 0 Å². The Labute approximate surface area is 83.6 Å². The first-order valence-corrected chi connectivity index (χ1v) is 6.34. The molecule has 0 aliphatic rings. The molecule has 0 spiro atoms. The fourth-order valence-electron chi connectivity index (χ4n) is 1.09. The summed E-state index contributed by atoms with van der Waals surface area (Å²) in [5.41, 5.74) is 1.49. The lowest BCUT2D eigenvalue weighted by molar-refractivity contribution is 0.752. The molecule has 0 heterocycles. The molecular weight excluding hydrogens is 184 g/mol. The average molecular weight is 201 g/mol. The molecular formula is C10H17ClSi. The third-order valence-electron chi connectivity index (χ3n) is 2.44. The highest BCUT2D eigenvalue weighted by atomic mass is 35.5. The molecule has 0 amide bonds. The van der Waals surface area contributed by atoms with Gasteiger partial charge in [0.05, 0.1) is 0 Å². The van der Waals surface area contributed by atoms with Gasteiger partial charge in [-0.05, 0) is 10.6 Å². The first-order chi connectivity index (χ1) is 5.17. The molecule has 0 nitrogen and oxygen atoms in total. The van der Waals surface area contributed by atoms with E-state index in [4.69, 9.17) is 0 Å². The maximum absolute atomic E-state index is 2.37. The zero-order valence-corrected chi connectivity index (χ0v) is 10.2. The summed E-state index contributed by atoms with van der Waals surface area (Å²) >= 11 is 0. The van der Waals surface area contributed by atoms with Crippen LogP contribution in [0, 0.1) is 0 Å². The molecule has 0 N–H and O–H groups in total. The van der Waals surface area contributed by atoms with Gasteiger partial charge in [0, 0.05) is 9.52 Å². The fraction of sp³-hybridized carbons (Fsp3) is 0.400. The predicted molar refractivity (Wildman–Crippen MR) is 61.1 cm³/mol. The number of benzene rings is 1. The molecule has 0 fully saturated rings. The van der Waals surface area contributed by atoms with Gasteiger partial charge < -0.3 is 0 Å². The lowest BCUT2D eigenvalue weighted by atomic mass is 10.0. The van der Waals surface area contributed by atoms with Crippen molar-refractivity contribution in [3.63, 3.8) is 0 Å². The van der Waals surface area contributed by atoms with E-state index in [-0.39, 0.29) is 21.9 Å². The molecule has 0 aliphatic heterocycles. The monoisotopic (exact) mass is 200 g/mol. The van der Waals surface area contributed by atoms with Gasteiger partial charge in [-0.3, -0.25) is 0 Å². The van der Waals surface area contributed by atoms with E-state index in [1.807, 2.05) is 0 Å². The van der Waals surface area contributed by atoms with Crippen molar-refractivity contribution >= 4 is 21.9 Å². The summed E-state index contributed by atoms with van der Waals surface area (Å²) in [5, 5.41) is 0.473. The van der Waals surface area contributed by atoms with E-state index < -0.39 is 0 Å². The summed E-state index contributed by atoms with van der Waals surface area (Å²) < 4.78 is 0. The van der Waals surface area contributed by atoms with E-state index in [1.165, 1.54) is 5.56 Å². The Bertz CT molecular complexity index is 219. The van der Waals surface area contributed by atoms with Crippen LogP contribution in [0.5, 0.6) is 0 Å². The SMILES string of the molecule is C[SiH2]C(C)(C)c1ccccc1.Cl. The maximum Gasteiger partial charge on any atom is 0.0288 e. The number of halogens is 1. The second kappa shape index (κ2) is 4.68. The smallest absolute Gasteiger partial charge is 0.0288 e. The zero-order chi connectivity index (χ0) is 8.32. The van der Waals surface area contributed by atoms with Gasteiger partial charge in [-0.1, -0.05) is 50.7 Å². The Morgan fingerprint density at radius 2 is 1.58 bits per heavy atom. The molecule has 0 aliphatic carbocycles. The van der Waals surface area contributed by atoms with Gasteiger partial charge in [-0.15, -0.1) is 12.4 Å². The van der Waals surface area contributed by atoms with E-state index >= 15 is 0 Å². The average Bonchev–Trinajstić information content (AvgIpc) is 2.06. The van der Waals surface area contributed by atoms with E-state index in [0.717, 1.165) is 0 Å². The van der Waals surface area contributed by atoms with Crippen LogP contribution < -0.4 is 0 Å². The van der Waals surface area contributed by atoms with Gasteiger partial charge in [0.15, 0.2) is 0 Å². The van der Waals surface area contributed by atoms with Crippen LogP contribution in [0.2, 0.25) is 6.55 Å². The van der Waals surface area contributed by atoms with Crippen molar-refractivity contribution < 1.29 is 0 Å². The summed E-state index contributed by atoms with van der Waals surface area (Å²) in [5.74, 6) is 0. The van der Waals surface area contributed by atoms with Gasteiger partial charge in [0.1, 0.15) is 0 Å².